The van der Waals surface area contributed by atoms with E-state index in [1.165, 1.54) is 88.4 Å². The second kappa shape index (κ2) is 29.0. The fourth-order valence-electron chi connectivity index (χ4n) is 10.3. The maximum atomic E-state index is 17.4. The molecule has 0 bridgehead atoms. The Morgan fingerprint density at radius 2 is 1.29 bits per heavy atom. The Morgan fingerprint density at radius 3 is 1.93 bits per heavy atom. The minimum absolute atomic E-state index is 0.00722. The summed E-state index contributed by atoms with van der Waals surface area (Å²) in [6.45, 7) is 1.22. The predicted molar refractivity (Wildman–Crippen MR) is 303 cm³/mol. The number of imidazole rings is 2. The van der Waals surface area contributed by atoms with Gasteiger partial charge in [0.1, 0.15) is 48.1 Å². The van der Waals surface area contributed by atoms with Crippen molar-refractivity contribution in [1.82, 2.24) is 49.7 Å². The highest BCUT2D eigenvalue weighted by Crippen LogP contribution is 2.70. The molecule has 0 radical (unpaired) electrons. The molecule has 3 aliphatic rings. The van der Waals surface area contributed by atoms with E-state index in [0.717, 1.165) is 49.2 Å². The Kier molecular flexibility index (Phi) is 22.2. The highest BCUT2D eigenvalue weighted by molar-refractivity contribution is 8.56. The largest absolute Gasteiger partial charge is 0.492 e. The first-order valence-electron chi connectivity index (χ1n) is 28.3. The Morgan fingerprint density at radius 1 is 0.732 bits per heavy atom. The van der Waals surface area contributed by atoms with E-state index in [-0.39, 0.29) is 45.7 Å². The number of amides is 3. The van der Waals surface area contributed by atoms with Crippen LogP contribution in [0, 0.1) is 5.92 Å². The van der Waals surface area contributed by atoms with Crippen LogP contribution in [0.1, 0.15) is 148 Å². The van der Waals surface area contributed by atoms with Crippen molar-refractivity contribution in [3.8, 4) is 5.88 Å². The quantitative estimate of drug-likeness (QED) is 0.0211. The fourth-order valence-corrected chi connectivity index (χ4v) is 16.3. The van der Waals surface area contributed by atoms with Gasteiger partial charge in [-0.2, -0.15) is 4.98 Å². The van der Waals surface area contributed by atoms with Gasteiger partial charge in [0.2, 0.25) is 23.6 Å². The molecule has 3 saturated heterocycles. The molecule has 3 amide bonds. The van der Waals surface area contributed by atoms with Crippen LogP contribution in [0.3, 0.4) is 0 Å². The van der Waals surface area contributed by atoms with Gasteiger partial charge in [-0.15, -0.1) is 0 Å². The molecule has 5 aromatic rings. The van der Waals surface area contributed by atoms with Crippen molar-refractivity contribution >= 4 is 77.3 Å². The minimum atomic E-state index is -5.23. The third kappa shape index (κ3) is 15.7. The zero-order valence-corrected chi connectivity index (χ0v) is 49.2. The van der Waals surface area contributed by atoms with Gasteiger partial charge >= 0.3 is 7.82 Å². The average molecular weight is 1210 g/mol. The number of hydrogen-bond acceptors (Lipinski definition) is 19. The molecular formula is C53H76F2N12O12P2S. The smallest absolute Gasteiger partial charge is 0.472 e. The maximum absolute atomic E-state index is 17.4. The third-order valence-electron chi connectivity index (χ3n) is 14.9. The number of phosphoric acid groups is 1. The van der Waals surface area contributed by atoms with Crippen molar-refractivity contribution in [3.05, 3.63) is 55.1 Å². The molecule has 8 rings (SSSR count). The minimum Gasteiger partial charge on any atom is -0.492 e. The summed E-state index contributed by atoms with van der Waals surface area (Å²) >= 11 is 0.709. The lowest BCUT2D eigenvalue weighted by molar-refractivity contribution is -0.131. The first-order chi connectivity index (χ1) is 39.4. The number of nitrogen functional groups attached to an aromatic ring is 1. The molecule has 24 nitrogen and oxygen atoms in total. The molecular weight excluding hydrogens is 1130 g/mol. The number of aromatic nitrogens is 8. The second-order valence-corrected chi connectivity index (χ2v) is 27.7. The fraction of sp³-hybridized carbons (Fsp3) is 0.642. The predicted octanol–water partition coefficient (Wildman–Crippen LogP) is 9.30. The number of carbonyl (C=O) groups excluding carboxylic acids is 3. The van der Waals surface area contributed by atoms with Crippen molar-refractivity contribution in [2.45, 2.75) is 197 Å². The van der Waals surface area contributed by atoms with Crippen LogP contribution >= 0.6 is 25.8 Å². The normalized spacial score (nSPS) is 26.5. The molecule has 12 atom stereocenters. The summed E-state index contributed by atoms with van der Waals surface area (Å²) < 4.78 is 94.7. The van der Waals surface area contributed by atoms with Gasteiger partial charge in [0.25, 0.3) is 6.57 Å². The Balaban J connectivity index is 0.873. The maximum Gasteiger partial charge on any atom is 0.472 e. The molecule has 3 fully saturated rings. The topological polar surface area (TPSA) is 321 Å². The molecule has 3 aliphatic heterocycles. The lowest BCUT2D eigenvalue weighted by atomic mass is 10.0. The molecule has 1 aromatic carbocycles. The lowest BCUT2D eigenvalue weighted by Crippen LogP contribution is -2.53. The number of nitrogens with zero attached hydrogens (tertiary/aromatic N) is 8. The van der Waals surface area contributed by atoms with Gasteiger partial charge in [-0.05, 0) is 37.0 Å². The van der Waals surface area contributed by atoms with E-state index in [4.69, 9.17) is 28.8 Å². The Hall–Kier alpha value is -5.24. The van der Waals surface area contributed by atoms with Crippen molar-refractivity contribution in [2.75, 3.05) is 24.3 Å². The summed E-state index contributed by atoms with van der Waals surface area (Å²) in [6.07, 6.45) is 10.4. The van der Waals surface area contributed by atoms with Crippen LogP contribution in [0.15, 0.2) is 49.6 Å². The second-order valence-electron chi connectivity index (χ2n) is 21.5. The lowest BCUT2D eigenvalue weighted by Gasteiger charge is -2.28. The molecule has 4 aromatic heterocycles. The van der Waals surface area contributed by atoms with Gasteiger partial charge in [-0.25, -0.2) is 38.3 Å². The molecule has 450 valence electrons. The average Bonchev–Trinajstić information content (AvgIpc) is 2.96. The molecule has 82 heavy (non-hydrogen) atoms. The molecule has 0 spiro atoms. The number of nitrogens with two attached hydrogens (primary N) is 1. The van der Waals surface area contributed by atoms with Gasteiger partial charge in [0.15, 0.2) is 47.4 Å². The molecule has 7 N–H and O–H groups in total. The molecule has 0 saturated carbocycles. The number of aromatic hydroxyl groups is 1. The van der Waals surface area contributed by atoms with Crippen molar-refractivity contribution in [1.29, 1.82) is 0 Å². The molecule has 7 heterocycles. The Labute approximate surface area is 478 Å². The molecule has 29 heteroatoms. The van der Waals surface area contributed by atoms with Crippen LogP contribution in [-0.4, -0.2) is 128 Å². The number of halogens is 2. The first kappa shape index (κ1) is 62.8. The standard InChI is InChI=1S/C53H76F2N12O12P2S/c1-5-6-7-8-9-10-11-12-13-14-15-16-17-18-19-20-38(68)65-41(32(2)3)51(71)63-33(4)49(69)64-35-23-21-34(22-24-35)27-82-80(72)45-37(78-53(40(45)55)67-31-62-43-48(67)59-29-60-50(43)70)26-76-81(73,74)79-44-36(25-75-80)77-52(39(44)54)66-30-61-42-46(56)57-28-58-47(42)66/h21-24,28-33,36-37,39-41,44-45,52-53H,5-20,25-27H2,1-4H3,(H,63,71)(H,64,69)(H,65,68)(H,73,74)(H2,56,57,58)(H,59,60,70)/t33-,36+,37+,39+,40+,41-,44+,45+,52+,53+,80?/m0/s1. The van der Waals surface area contributed by atoms with Crippen LogP contribution in [-0.2, 0) is 52.3 Å². The van der Waals surface area contributed by atoms with E-state index in [0.29, 0.717) is 29.1 Å². The van der Waals surface area contributed by atoms with Crippen LogP contribution in [0.4, 0.5) is 20.3 Å². The summed E-state index contributed by atoms with van der Waals surface area (Å²) in [5.74, 6) is -2.12. The first-order valence-corrected chi connectivity index (χ1v) is 33.1. The summed E-state index contributed by atoms with van der Waals surface area (Å²) in [7, 11) is -5.23. The summed E-state index contributed by atoms with van der Waals surface area (Å²) in [6, 6.07) is 4.53. The number of alkyl halides is 2. The van der Waals surface area contributed by atoms with Crippen LogP contribution in [0.2, 0.25) is 0 Å². The van der Waals surface area contributed by atoms with E-state index in [9.17, 15) is 28.9 Å². The third-order valence-corrected chi connectivity index (χ3v) is 21.1. The highest BCUT2D eigenvalue weighted by Gasteiger charge is 2.59. The Bertz CT molecular complexity index is 3040. The SMILES string of the molecule is CCCCCCCCCCCCCCCCCC(=O)N[C@H](C(=O)N[C@@H](C)C(=O)Nc1ccc(CSP2(=O)OC[C@H]3O[C@@H](n4cnc5c(N)ncnc54)[C@H](F)[C@@H]3OP(=O)(O)OC[C@H]3O[C@@H](n4cnc5c(O)ncnc54)[C@H](F)[C@@H]32)cc1)C(C)C. The number of carbonyl (C=O) groups is 3. The number of anilines is 2. The highest BCUT2D eigenvalue weighted by atomic mass is 32.7. The monoisotopic (exact) mass is 1200 g/mol. The van der Waals surface area contributed by atoms with E-state index in [2.05, 4.69) is 52.8 Å². The van der Waals surface area contributed by atoms with Gasteiger partial charge < -0.3 is 45.7 Å². The number of ether oxygens (including phenoxy) is 2. The van der Waals surface area contributed by atoms with Gasteiger partial charge in [-0.3, -0.25) is 37.1 Å². The summed E-state index contributed by atoms with van der Waals surface area (Å²) in [5.41, 5.74) is 5.15. The zero-order chi connectivity index (χ0) is 58.6. The number of fused-ring (bicyclic) bond motifs is 4. The van der Waals surface area contributed by atoms with E-state index in [1.807, 2.05) is 13.8 Å². The van der Waals surface area contributed by atoms with Crippen LogP contribution in [0.25, 0.3) is 22.3 Å². The van der Waals surface area contributed by atoms with Gasteiger partial charge in [-0.1, -0.05) is 134 Å². The van der Waals surface area contributed by atoms with Crippen LogP contribution in [0.5, 0.6) is 5.88 Å². The van der Waals surface area contributed by atoms with E-state index in [1.54, 1.807) is 24.3 Å². The molecule has 2 unspecified atom stereocenters. The number of hydrogen-bond donors (Lipinski definition) is 6. The summed E-state index contributed by atoms with van der Waals surface area (Å²) in [4.78, 5) is 75.0. The number of phosphoric ester groups is 1. The van der Waals surface area contributed by atoms with E-state index < -0.39 is 106 Å². The number of nitrogens with one attached hydrogen (secondary N) is 3. The van der Waals surface area contributed by atoms with Gasteiger partial charge in [0, 0.05) is 17.9 Å². The van der Waals surface area contributed by atoms with Crippen LogP contribution < -0.4 is 21.7 Å². The van der Waals surface area contributed by atoms with Crippen molar-refractivity contribution in [2.24, 2.45) is 5.92 Å². The molecule has 0 aliphatic carbocycles. The van der Waals surface area contributed by atoms with E-state index >= 15 is 13.3 Å². The van der Waals surface area contributed by atoms with Crippen molar-refractivity contribution in [3.63, 3.8) is 0 Å². The number of benzene rings is 1. The summed E-state index contributed by atoms with van der Waals surface area (Å²) in [5, 5.41) is 18.7. The van der Waals surface area contributed by atoms with Gasteiger partial charge in [0.05, 0.1) is 32.0 Å². The number of rotatable bonds is 27. The van der Waals surface area contributed by atoms with Crippen molar-refractivity contribution < 1.29 is 65.3 Å². The number of unbranched alkanes of at least 4 members (excludes halogenated alkanes) is 14. The zero-order valence-electron chi connectivity index (χ0n) is 46.6.